The molecule has 1 aromatic carbocycles. The number of likely N-dealkylation sites (tertiary alicyclic amines) is 1. The second kappa shape index (κ2) is 9.26. The molecule has 2 heterocycles. The first-order chi connectivity index (χ1) is 13.1. The Morgan fingerprint density at radius 2 is 2.04 bits per heavy atom. The number of aryl methyl sites for hydroxylation is 1. The summed E-state index contributed by atoms with van der Waals surface area (Å²) in [6.07, 6.45) is 3.61. The first-order valence-corrected chi connectivity index (χ1v) is 9.43. The van der Waals surface area contributed by atoms with Gasteiger partial charge in [-0.2, -0.15) is 0 Å². The molecule has 0 spiro atoms. The van der Waals surface area contributed by atoms with Crippen LogP contribution in [0.4, 0.5) is 0 Å². The van der Waals surface area contributed by atoms with Gasteiger partial charge in [0.25, 0.3) is 5.91 Å². The molecular weight excluding hydrogens is 344 g/mol. The minimum atomic E-state index is -0.104. The zero-order valence-corrected chi connectivity index (χ0v) is 15.6. The zero-order chi connectivity index (χ0) is 19.1. The maximum atomic E-state index is 12.3. The molecule has 1 aromatic heterocycles. The normalized spacial score (nSPS) is 14.8. The van der Waals surface area contributed by atoms with E-state index in [9.17, 15) is 9.59 Å². The van der Waals surface area contributed by atoms with Gasteiger partial charge in [-0.15, -0.1) is 0 Å². The highest BCUT2D eigenvalue weighted by molar-refractivity contribution is 5.91. The summed E-state index contributed by atoms with van der Waals surface area (Å²) in [4.78, 5) is 26.3. The SMILES string of the molecule is Cc1cccc(OCCCNC(=O)C2CCN(C(=O)c3ccco3)CC2)c1. The summed E-state index contributed by atoms with van der Waals surface area (Å²) in [7, 11) is 0. The molecule has 0 radical (unpaired) electrons. The van der Waals surface area contributed by atoms with Crippen molar-refractivity contribution in [2.75, 3.05) is 26.2 Å². The minimum absolute atomic E-state index is 0.0386. The van der Waals surface area contributed by atoms with Gasteiger partial charge in [0.15, 0.2) is 5.76 Å². The summed E-state index contributed by atoms with van der Waals surface area (Å²) < 4.78 is 10.8. The number of benzene rings is 1. The second-order valence-corrected chi connectivity index (χ2v) is 6.85. The molecule has 1 N–H and O–H groups in total. The van der Waals surface area contributed by atoms with Crippen molar-refractivity contribution in [1.29, 1.82) is 0 Å². The number of piperidine rings is 1. The summed E-state index contributed by atoms with van der Waals surface area (Å²) in [5.74, 6) is 1.13. The molecule has 1 saturated heterocycles. The van der Waals surface area contributed by atoms with E-state index in [1.165, 1.54) is 6.26 Å². The van der Waals surface area contributed by atoms with E-state index in [2.05, 4.69) is 5.32 Å². The molecule has 2 aromatic rings. The van der Waals surface area contributed by atoms with E-state index in [0.717, 1.165) is 17.7 Å². The van der Waals surface area contributed by atoms with E-state index in [0.29, 0.717) is 44.8 Å². The predicted octanol–water partition coefficient (Wildman–Crippen LogP) is 3.03. The summed E-state index contributed by atoms with van der Waals surface area (Å²) in [5.41, 5.74) is 1.16. The van der Waals surface area contributed by atoms with Crippen LogP contribution in [0.2, 0.25) is 0 Å². The van der Waals surface area contributed by atoms with E-state index in [1.54, 1.807) is 17.0 Å². The monoisotopic (exact) mass is 370 g/mol. The second-order valence-electron chi connectivity index (χ2n) is 6.85. The van der Waals surface area contributed by atoms with E-state index in [-0.39, 0.29) is 17.7 Å². The lowest BCUT2D eigenvalue weighted by atomic mass is 9.95. The van der Waals surface area contributed by atoms with Crippen LogP contribution in [0.15, 0.2) is 47.1 Å². The van der Waals surface area contributed by atoms with Crippen molar-refractivity contribution in [2.45, 2.75) is 26.2 Å². The van der Waals surface area contributed by atoms with Crippen LogP contribution in [-0.2, 0) is 4.79 Å². The molecule has 6 heteroatoms. The molecule has 0 unspecified atom stereocenters. The van der Waals surface area contributed by atoms with Gasteiger partial charge in [-0.25, -0.2) is 0 Å². The number of carbonyl (C=O) groups excluding carboxylic acids is 2. The third-order valence-electron chi connectivity index (χ3n) is 4.76. The van der Waals surface area contributed by atoms with Gasteiger partial charge in [0.2, 0.25) is 5.91 Å². The topological polar surface area (TPSA) is 71.8 Å². The van der Waals surface area contributed by atoms with Crippen LogP contribution >= 0.6 is 0 Å². The van der Waals surface area contributed by atoms with Crippen LogP contribution in [0, 0.1) is 12.8 Å². The average molecular weight is 370 g/mol. The van der Waals surface area contributed by atoms with E-state index in [1.807, 2.05) is 31.2 Å². The fraction of sp³-hybridized carbons (Fsp3) is 0.429. The van der Waals surface area contributed by atoms with Gasteiger partial charge >= 0.3 is 0 Å². The van der Waals surface area contributed by atoms with E-state index in [4.69, 9.17) is 9.15 Å². The number of hydrogen-bond acceptors (Lipinski definition) is 4. The highest BCUT2D eigenvalue weighted by Crippen LogP contribution is 2.19. The van der Waals surface area contributed by atoms with Gasteiger partial charge in [-0.05, 0) is 56.0 Å². The van der Waals surface area contributed by atoms with Gasteiger partial charge < -0.3 is 19.4 Å². The fourth-order valence-corrected chi connectivity index (χ4v) is 3.22. The van der Waals surface area contributed by atoms with Crippen molar-refractivity contribution in [2.24, 2.45) is 5.92 Å². The summed E-state index contributed by atoms with van der Waals surface area (Å²) in [6, 6.07) is 11.3. The lowest BCUT2D eigenvalue weighted by Crippen LogP contribution is -2.43. The van der Waals surface area contributed by atoms with Crippen molar-refractivity contribution in [3.63, 3.8) is 0 Å². The van der Waals surface area contributed by atoms with Gasteiger partial charge in [-0.3, -0.25) is 9.59 Å². The number of amides is 2. The van der Waals surface area contributed by atoms with Crippen LogP contribution < -0.4 is 10.1 Å². The number of carbonyl (C=O) groups is 2. The Bertz CT molecular complexity index is 749. The Labute approximate surface area is 159 Å². The molecule has 6 nitrogen and oxygen atoms in total. The Hall–Kier alpha value is -2.76. The Balaban J connectivity index is 1.32. The van der Waals surface area contributed by atoms with Crippen molar-refractivity contribution in [3.8, 4) is 5.75 Å². The largest absolute Gasteiger partial charge is 0.494 e. The highest BCUT2D eigenvalue weighted by atomic mass is 16.5. The maximum Gasteiger partial charge on any atom is 0.289 e. The Morgan fingerprint density at radius 1 is 1.22 bits per heavy atom. The number of hydrogen-bond donors (Lipinski definition) is 1. The molecule has 1 aliphatic heterocycles. The number of furan rings is 1. The molecule has 3 rings (SSSR count). The first-order valence-electron chi connectivity index (χ1n) is 9.43. The molecule has 0 atom stereocenters. The Kier molecular flexibility index (Phi) is 6.52. The van der Waals surface area contributed by atoms with Crippen LogP contribution in [0.3, 0.4) is 0 Å². The maximum absolute atomic E-state index is 12.3. The van der Waals surface area contributed by atoms with Crippen LogP contribution in [0.25, 0.3) is 0 Å². The molecule has 1 aliphatic rings. The van der Waals surface area contributed by atoms with E-state index < -0.39 is 0 Å². The standard InChI is InChI=1S/C21H26N2O4/c1-16-5-2-6-18(15-16)26-14-4-10-22-20(24)17-8-11-23(12-9-17)21(25)19-7-3-13-27-19/h2-3,5-7,13,15,17H,4,8-12,14H2,1H3,(H,22,24). The van der Waals surface area contributed by atoms with Gasteiger partial charge in [0.1, 0.15) is 5.75 Å². The molecule has 2 amide bonds. The highest BCUT2D eigenvalue weighted by Gasteiger charge is 2.28. The third kappa shape index (κ3) is 5.36. The van der Waals surface area contributed by atoms with Crippen LogP contribution in [-0.4, -0.2) is 43.0 Å². The van der Waals surface area contributed by atoms with Gasteiger partial charge in [-0.1, -0.05) is 12.1 Å². The molecular formula is C21H26N2O4. The quantitative estimate of drug-likeness (QED) is 0.761. The van der Waals surface area contributed by atoms with Crippen molar-refractivity contribution in [1.82, 2.24) is 10.2 Å². The lowest BCUT2D eigenvalue weighted by Gasteiger charge is -2.30. The average Bonchev–Trinajstić information content (AvgIpc) is 3.22. The Morgan fingerprint density at radius 3 is 2.74 bits per heavy atom. The summed E-state index contributed by atoms with van der Waals surface area (Å²) in [5, 5.41) is 2.98. The summed E-state index contributed by atoms with van der Waals surface area (Å²) >= 11 is 0. The number of ether oxygens (including phenoxy) is 1. The molecule has 0 aliphatic carbocycles. The smallest absolute Gasteiger partial charge is 0.289 e. The van der Waals surface area contributed by atoms with Gasteiger partial charge in [0.05, 0.1) is 12.9 Å². The predicted molar refractivity (Wildman–Crippen MR) is 102 cm³/mol. The van der Waals surface area contributed by atoms with E-state index >= 15 is 0 Å². The number of nitrogens with zero attached hydrogens (tertiary/aromatic N) is 1. The van der Waals surface area contributed by atoms with Crippen LogP contribution in [0.5, 0.6) is 5.75 Å². The molecule has 0 saturated carbocycles. The fourth-order valence-electron chi connectivity index (χ4n) is 3.22. The number of rotatable bonds is 7. The van der Waals surface area contributed by atoms with Crippen molar-refractivity contribution >= 4 is 11.8 Å². The number of nitrogens with one attached hydrogen (secondary N) is 1. The third-order valence-corrected chi connectivity index (χ3v) is 4.76. The van der Waals surface area contributed by atoms with Crippen LogP contribution in [0.1, 0.15) is 35.4 Å². The first kappa shape index (κ1) is 19.0. The summed E-state index contributed by atoms with van der Waals surface area (Å²) in [6.45, 7) is 4.35. The van der Waals surface area contributed by atoms with Gasteiger partial charge in [0, 0.05) is 25.6 Å². The minimum Gasteiger partial charge on any atom is -0.494 e. The van der Waals surface area contributed by atoms with Crippen molar-refractivity contribution in [3.05, 3.63) is 54.0 Å². The lowest BCUT2D eigenvalue weighted by molar-refractivity contribution is -0.126. The van der Waals surface area contributed by atoms with Crippen molar-refractivity contribution < 1.29 is 18.7 Å². The zero-order valence-electron chi connectivity index (χ0n) is 15.6. The molecule has 144 valence electrons. The molecule has 1 fully saturated rings. The molecule has 0 bridgehead atoms. The molecule has 27 heavy (non-hydrogen) atoms.